The van der Waals surface area contributed by atoms with Gasteiger partial charge in [-0.1, -0.05) is 24.1 Å². The first-order valence-corrected chi connectivity index (χ1v) is 12.9. The molecule has 196 valence electrons. The van der Waals surface area contributed by atoms with Crippen LogP contribution >= 0.6 is 0 Å². The topological polar surface area (TPSA) is 77.9 Å². The zero-order chi connectivity index (χ0) is 26.5. The number of hydrogen-bond donors (Lipinski definition) is 1. The summed E-state index contributed by atoms with van der Waals surface area (Å²) < 4.78 is 32.6. The molecule has 7 heteroatoms. The van der Waals surface area contributed by atoms with Gasteiger partial charge in [-0.25, -0.2) is 9.37 Å². The van der Waals surface area contributed by atoms with Crippen molar-refractivity contribution in [2.24, 2.45) is 0 Å². The van der Waals surface area contributed by atoms with Crippen LogP contribution in [-0.4, -0.2) is 35.4 Å². The fraction of sp³-hybridized carbons (Fsp3) is 0.355. The first-order valence-electron chi connectivity index (χ1n) is 12.9. The lowest BCUT2D eigenvalue weighted by Gasteiger charge is -2.22. The summed E-state index contributed by atoms with van der Waals surface area (Å²) in [5.74, 6) is 5.37. The van der Waals surface area contributed by atoms with Crippen molar-refractivity contribution in [3.63, 3.8) is 0 Å². The monoisotopic (exact) mass is 515 g/mol. The molecular formula is C31H30FNO5. The number of fused-ring (bicyclic) bond motifs is 1. The first kappa shape index (κ1) is 25.7. The van der Waals surface area contributed by atoms with Crippen LogP contribution in [0.2, 0.25) is 0 Å². The highest BCUT2D eigenvalue weighted by molar-refractivity contribution is 5.70. The number of benzene rings is 2. The number of hydrogen-bond acceptors (Lipinski definition) is 5. The molecule has 0 unspecified atom stereocenters. The number of carbonyl (C=O) groups is 1. The van der Waals surface area contributed by atoms with Crippen LogP contribution in [0, 0.1) is 17.7 Å². The molecule has 3 aromatic rings. The van der Waals surface area contributed by atoms with Gasteiger partial charge in [0.2, 0.25) is 5.88 Å². The number of nitrogens with zero attached hydrogens (tertiary/aromatic N) is 1. The van der Waals surface area contributed by atoms with Crippen molar-refractivity contribution in [3.05, 3.63) is 77.2 Å². The van der Waals surface area contributed by atoms with Gasteiger partial charge < -0.3 is 19.3 Å². The molecule has 38 heavy (non-hydrogen) atoms. The molecule has 1 aliphatic carbocycles. The SMILES string of the molecule is CC#C[C@@H](CC(=O)O)c1ccc(O[C@@H]2CCc3c(-c4ccc(OC5CCOCC5)nc4)ccc(F)c32)cc1. The summed E-state index contributed by atoms with van der Waals surface area (Å²) in [6.07, 6.45) is 4.48. The Kier molecular flexibility index (Phi) is 7.90. The van der Waals surface area contributed by atoms with E-state index in [9.17, 15) is 9.90 Å². The standard InChI is InChI=1S/C31H30FNO5/c1-2-3-21(18-30(34)35)20-4-7-23(8-5-20)37-28-12-10-26-25(9-11-27(32)31(26)28)22-6-13-29(33-19-22)38-24-14-16-36-17-15-24/h4-9,11,13,19,21,24,28H,10,12,14-18H2,1H3,(H,34,35)/t21-,28+/m0/s1. The number of aliphatic carboxylic acids is 1. The van der Waals surface area contributed by atoms with E-state index >= 15 is 4.39 Å². The van der Waals surface area contributed by atoms with Crippen LogP contribution in [0.5, 0.6) is 11.6 Å². The molecule has 0 spiro atoms. The highest BCUT2D eigenvalue weighted by atomic mass is 19.1. The molecule has 2 heterocycles. The fourth-order valence-corrected chi connectivity index (χ4v) is 5.18. The van der Waals surface area contributed by atoms with Gasteiger partial charge in [0.05, 0.1) is 25.6 Å². The summed E-state index contributed by atoms with van der Waals surface area (Å²) >= 11 is 0. The van der Waals surface area contributed by atoms with E-state index in [0.717, 1.165) is 35.1 Å². The van der Waals surface area contributed by atoms with Crippen molar-refractivity contribution >= 4 is 5.97 Å². The molecule has 0 saturated carbocycles. The molecule has 1 N–H and O–H groups in total. The molecule has 5 rings (SSSR count). The maximum Gasteiger partial charge on any atom is 0.304 e. The minimum Gasteiger partial charge on any atom is -0.486 e. The second-order valence-corrected chi connectivity index (χ2v) is 9.56. The summed E-state index contributed by atoms with van der Waals surface area (Å²) in [6, 6.07) is 14.4. The second-order valence-electron chi connectivity index (χ2n) is 9.56. The summed E-state index contributed by atoms with van der Waals surface area (Å²) in [4.78, 5) is 15.7. The van der Waals surface area contributed by atoms with Crippen LogP contribution in [0.25, 0.3) is 11.1 Å². The Bertz CT molecular complexity index is 1340. The minimum atomic E-state index is -0.899. The molecule has 6 nitrogen and oxygen atoms in total. The zero-order valence-corrected chi connectivity index (χ0v) is 21.3. The number of ether oxygens (including phenoxy) is 3. The van der Waals surface area contributed by atoms with Crippen LogP contribution < -0.4 is 9.47 Å². The third-order valence-electron chi connectivity index (χ3n) is 7.04. The predicted molar refractivity (Wildman–Crippen MR) is 141 cm³/mol. The van der Waals surface area contributed by atoms with Gasteiger partial charge >= 0.3 is 5.97 Å². The Balaban J connectivity index is 1.32. The molecule has 0 bridgehead atoms. The van der Waals surface area contributed by atoms with E-state index in [2.05, 4.69) is 16.8 Å². The van der Waals surface area contributed by atoms with E-state index < -0.39 is 12.1 Å². The van der Waals surface area contributed by atoms with E-state index in [0.29, 0.717) is 43.2 Å². The van der Waals surface area contributed by atoms with E-state index in [1.165, 1.54) is 6.07 Å². The zero-order valence-electron chi connectivity index (χ0n) is 21.3. The second kappa shape index (κ2) is 11.7. The minimum absolute atomic E-state index is 0.0669. The van der Waals surface area contributed by atoms with Crippen LogP contribution in [0.4, 0.5) is 4.39 Å². The van der Waals surface area contributed by atoms with E-state index in [-0.39, 0.29) is 24.3 Å². The maximum absolute atomic E-state index is 15.0. The smallest absolute Gasteiger partial charge is 0.304 e. The lowest BCUT2D eigenvalue weighted by Crippen LogP contribution is -2.26. The molecule has 1 aromatic heterocycles. The number of carboxylic acid groups (broad SMARTS) is 1. The van der Waals surface area contributed by atoms with Crippen molar-refractivity contribution in [2.45, 2.75) is 57.2 Å². The summed E-state index contributed by atoms with van der Waals surface area (Å²) in [5, 5.41) is 9.18. The Morgan fingerprint density at radius 1 is 1.11 bits per heavy atom. The molecule has 0 amide bonds. The molecule has 1 aliphatic heterocycles. The predicted octanol–water partition coefficient (Wildman–Crippen LogP) is 6.09. The van der Waals surface area contributed by atoms with Gasteiger partial charge in [-0.15, -0.1) is 5.92 Å². The fourth-order valence-electron chi connectivity index (χ4n) is 5.18. The van der Waals surface area contributed by atoms with Gasteiger partial charge in [-0.2, -0.15) is 0 Å². The Labute approximate surface area is 221 Å². The highest BCUT2D eigenvalue weighted by Crippen LogP contribution is 2.42. The van der Waals surface area contributed by atoms with E-state index in [1.807, 2.05) is 24.3 Å². The van der Waals surface area contributed by atoms with Crippen LogP contribution in [0.1, 0.15) is 61.3 Å². The van der Waals surface area contributed by atoms with Crippen molar-refractivity contribution in [2.75, 3.05) is 13.2 Å². The summed E-state index contributed by atoms with van der Waals surface area (Å²) in [7, 11) is 0. The van der Waals surface area contributed by atoms with Gasteiger partial charge in [0.15, 0.2) is 0 Å². The molecule has 2 atom stereocenters. The quantitative estimate of drug-likeness (QED) is 0.366. The largest absolute Gasteiger partial charge is 0.486 e. The summed E-state index contributed by atoms with van der Waals surface area (Å²) in [5.41, 5.74) is 4.18. The highest BCUT2D eigenvalue weighted by Gasteiger charge is 2.30. The van der Waals surface area contributed by atoms with Gasteiger partial charge in [0.25, 0.3) is 0 Å². The van der Waals surface area contributed by atoms with Gasteiger partial charge in [-0.3, -0.25) is 4.79 Å². The number of halogens is 1. The average Bonchev–Trinajstić information content (AvgIpc) is 3.34. The maximum atomic E-state index is 15.0. The van der Waals surface area contributed by atoms with Gasteiger partial charge in [-0.05, 0) is 60.7 Å². The normalized spacial score (nSPS) is 17.7. The van der Waals surface area contributed by atoms with Crippen LogP contribution in [-0.2, 0) is 16.0 Å². The van der Waals surface area contributed by atoms with E-state index in [1.54, 1.807) is 31.3 Å². The van der Waals surface area contributed by atoms with Crippen molar-refractivity contribution in [3.8, 4) is 34.6 Å². The third-order valence-corrected chi connectivity index (χ3v) is 7.04. The molecule has 2 aliphatic rings. The lowest BCUT2D eigenvalue weighted by molar-refractivity contribution is -0.137. The van der Waals surface area contributed by atoms with Gasteiger partial charge in [0.1, 0.15) is 23.8 Å². The number of pyridine rings is 1. The number of rotatable bonds is 8. The number of carboxylic acids is 1. The van der Waals surface area contributed by atoms with Crippen molar-refractivity contribution in [1.82, 2.24) is 4.98 Å². The molecular weight excluding hydrogens is 485 g/mol. The van der Waals surface area contributed by atoms with Gasteiger partial charge in [0, 0.05) is 36.2 Å². The van der Waals surface area contributed by atoms with Crippen LogP contribution in [0.15, 0.2) is 54.7 Å². The lowest BCUT2D eigenvalue weighted by atomic mass is 9.96. The Hall–Kier alpha value is -3.89. The molecule has 1 fully saturated rings. The van der Waals surface area contributed by atoms with E-state index in [4.69, 9.17) is 14.2 Å². The van der Waals surface area contributed by atoms with Crippen LogP contribution in [0.3, 0.4) is 0 Å². The number of aromatic nitrogens is 1. The average molecular weight is 516 g/mol. The summed E-state index contributed by atoms with van der Waals surface area (Å²) in [6.45, 7) is 3.10. The molecule has 2 aromatic carbocycles. The molecule has 0 radical (unpaired) electrons. The van der Waals surface area contributed by atoms with Crippen molar-refractivity contribution in [1.29, 1.82) is 0 Å². The Morgan fingerprint density at radius 2 is 1.89 bits per heavy atom. The molecule has 1 saturated heterocycles. The first-order chi connectivity index (χ1) is 18.5. The Morgan fingerprint density at radius 3 is 2.58 bits per heavy atom. The third kappa shape index (κ3) is 5.81. The van der Waals surface area contributed by atoms with Crippen molar-refractivity contribution < 1.29 is 28.5 Å².